The third kappa shape index (κ3) is 1.16. The van der Waals surface area contributed by atoms with Crippen LogP contribution in [-0.2, 0) is 0 Å². The van der Waals surface area contributed by atoms with Crippen molar-refractivity contribution in [2.45, 2.75) is 6.92 Å². The van der Waals surface area contributed by atoms with Crippen molar-refractivity contribution in [3.63, 3.8) is 0 Å². The van der Waals surface area contributed by atoms with Crippen LogP contribution >= 0.6 is 0 Å². The van der Waals surface area contributed by atoms with Gasteiger partial charge in [-0.15, -0.1) is 0 Å². The first kappa shape index (κ1) is 6.01. The third-order valence-corrected chi connectivity index (χ3v) is 1.08. The Morgan fingerprint density at radius 3 is 2.78 bits per heavy atom. The molecular formula is C6H7FNO+. The average Bonchev–Trinajstić information content (AvgIpc) is 1.80. The van der Waals surface area contributed by atoms with Gasteiger partial charge in [-0.3, -0.25) is 5.21 Å². The zero-order valence-corrected chi connectivity index (χ0v) is 5.00. The summed E-state index contributed by atoms with van der Waals surface area (Å²) in [6.07, 6.45) is 1.25. The van der Waals surface area contributed by atoms with Crippen molar-refractivity contribution < 1.29 is 14.3 Å². The van der Waals surface area contributed by atoms with Crippen molar-refractivity contribution in [3.05, 3.63) is 29.8 Å². The van der Waals surface area contributed by atoms with E-state index in [4.69, 9.17) is 5.21 Å². The summed E-state index contributed by atoms with van der Waals surface area (Å²) < 4.78 is 13.1. The van der Waals surface area contributed by atoms with E-state index in [-0.39, 0.29) is 5.82 Å². The van der Waals surface area contributed by atoms with Gasteiger partial charge in [-0.1, -0.05) is 0 Å². The van der Waals surface area contributed by atoms with Gasteiger partial charge in [0, 0.05) is 23.8 Å². The fraction of sp³-hybridized carbons (Fsp3) is 0.167. The molecule has 0 radical (unpaired) electrons. The van der Waals surface area contributed by atoms with Gasteiger partial charge >= 0.3 is 0 Å². The van der Waals surface area contributed by atoms with E-state index >= 15 is 0 Å². The van der Waals surface area contributed by atoms with Gasteiger partial charge in [0.15, 0.2) is 0 Å². The van der Waals surface area contributed by atoms with E-state index in [1.165, 1.54) is 18.3 Å². The Hall–Kier alpha value is -1.12. The number of aromatic nitrogens is 1. The minimum atomic E-state index is -0.335. The number of aryl methyl sites for hydroxylation is 1. The maximum absolute atomic E-state index is 12.2. The second-order valence-corrected chi connectivity index (χ2v) is 1.83. The lowest BCUT2D eigenvalue weighted by Gasteiger charge is -1.86. The van der Waals surface area contributed by atoms with Crippen LogP contribution in [0.1, 0.15) is 5.69 Å². The highest BCUT2D eigenvalue weighted by Gasteiger charge is 2.02. The molecule has 0 saturated carbocycles. The third-order valence-electron chi connectivity index (χ3n) is 1.08. The van der Waals surface area contributed by atoms with E-state index in [9.17, 15) is 4.39 Å². The van der Waals surface area contributed by atoms with Crippen LogP contribution in [0.2, 0.25) is 0 Å². The van der Waals surface area contributed by atoms with Crippen molar-refractivity contribution in [3.8, 4) is 0 Å². The smallest absolute Gasteiger partial charge is 0.233 e. The van der Waals surface area contributed by atoms with Gasteiger partial charge in [-0.25, -0.2) is 4.39 Å². The van der Waals surface area contributed by atoms with Crippen molar-refractivity contribution in [2.75, 3.05) is 0 Å². The standard InChI is InChI=1S/C6H7FNO/c1-5-4-6(7)2-3-8(5)9/h2-4,9H,1H3/q+1. The molecule has 9 heavy (non-hydrogen) atoms. The fourth-order valence-electron chi connectivity index (χ4n) is 0.573. The summed E-state index contributed by atoms with van der Waals surface area (Å²) >= 11 is 0. The second-order valence-electron chi connectivity index (χ2n) is 1.83. The lowest BCUT2D eigenvalue weighted by atomic mass is 10.4. The predicted molar refractivity (Wildman–Crippen MR) is 28.5 cm³/mol. The Morgan fingerprint density at radius 1 is 1.67 bits per heavy atom. The van der Waals surface area contributed by atoms with Crippen molar-refractivity contribution in [1.82, 2.24) is 0 Å². The number of halogens is 1. The Bertz CT molecular complexity index is 224. The summed E-state index contributed by atoms with van der Waals surface area (Å²) in [5.41, 5.74) is 0.481. The van der Waals surface area contributed by atoms with Crippen LogP contribution in [0.15, 0.2) is 18.3 Å². The van der Waals surface area contributed by atoms with Gasteiger partial charge in [0.2, 0.25) is 11.9 Å². The summed E-state index contributed by atoms with van der Waals surface area (Å²) in [6.45, 7) is 1.61. The SMILES string of the molecule is Cc1cc(F)cc[n+]1O. The highest BCUT2D eigenvalue weighted by molar-refractivity contribution is 4.97. The maximum Gasteiger partial charge on any atom is 0.233 e. The van der Waals surface area contributed by atoms with Crippen LogP contribution in [0.4, 0.5) is 4.39 Å². The Labute approximate surface area is 52.1 Å². The van der Waals surface area contributed by atoms with Crippen LogP contribution in [0.3, 0.4) is 0 Å². The van der Waals surface area contributed by atoms with Gasteiger partial charge < -0.3 is 0 Å². The molecule has 0 aromatic carbocycles. The Kier molecular flexibility index (Phi) is 1.34. The molecule has 1 N–H and O–H groups in total. The minimum absolute atomic E-state index is 0.335. The number of rotatable bonds is 0. The molecule has 0 aliphatic heterocycles. The van der Waals surface area contributed by atoms with Gasteiger partial charge in [-0.05, 0) is 0 Å². The molecule has 0 amide bonds. The minimum Gasteiger partial charge on any atom is -0.285 e. The molecule has 0 fully saturated rings. The van der Waals surface area contributed by atoms with E-state index in [1.54, 1.807) is 6.92 Å². The Balaban J connectivity index is 3.17. The molecule has 0 saturated heterocycles. The van der Waals surface area contributed by atoms with Gasteiger partial charge in [-0.2, -0.15) is 0 Å². The largest absolute Gasteiger partial charge is 0.285 e. The summed E-state index contributed by atoms with van der Waals surface area (Å²) in [4.78, 5) is 0. The van der Waals surface area contributed by atoms with E-state index in [2.05, 4.69) is 0 Å². The van der Waals surface area contributed by atoms with E-state index in [0.717, 1.165) is 4.73 Å². The van der Waals surface area contributed by atoms with E-state index in [0.29, 0.717) is 5.69 Å². The summed E-state index contributed by atoms with van der Waals surface area (Å²) in [7, 11) is 0. The molecule has 0 spiro atoms. The highest BCUT2D eigenvalue weighted by Crippen LogP contribution is 1.93. The first-order valence-corrected chi connectivity index (χ1v) is 2.57. The van der Waals surface area contributed by atoms with Crippen molar-refractivity contribution in [2.24, 2.45) is 0 Å². The summed E-state index contributed by atoms with van der Waals surface area (Å²) in [5.74, 6) is -0.335. The van der Waals surface area contributed by atoms with Crippen LogP contribution in [0.25, 0.3) is 0 Å². The number of pyridine rings is 1. The molecule has 0 aliphatic rings. The predicted octanol–water partition coefficient (Wildman–Crippen LogP) is 0.659. The maximum atomic E-state index is 12.2. The number of hydrogen-bond donors (Lipinski definition) is 1. The van der Waals surface area contributed by atoms with Gasteiger partial charge in [0.1, 0.15) is 5.82 Å². The van der Waals surface area contributed by atoms with Crippen molar-refractivity contribution >= 4 is 0 Å². The Morgan fingerprint density at radius 2 is 2.33 bits per heavy atom. The van der Waals surface area contributed by atoms with Gasteiger partial charge in [0.25, 0.3) is 0 Å². The lowest BCUT2D eigenvalue weighted by Crippen LogP contribution is -2.32. The highest BCUT2D eigenvalue weighted by atomic mass is 19.1. The van der Waals surface area contributed by atoms with Crippen LogP contribution < -0.4 is 4.73 Å². The molecule has 1 aromatic heterocycles. The fourth-order valence-corrected chi connectivity index (χ4v) is 0.573. The molecule has 0 unspecified atom stereocenters. The first-order chi connectivity index (χ1) is 4.20. The first-order valence-electron chi connectivity index (χ1n) is 2.57. The lowest BCUT2D eigenvalue weighted by molar-refractivity contribution is -0.909. The zero-order valence-electron chi connectivity index (χ0n) is 5.00. The number of hydrogen-bond acceptors (Lipinski definition) is 1. The molecule has 48 valence electrons. The molecule has 0 bridgehead atoms. The van der Waals surface area contributed by atoms with Crippen LogP contribution in [0, 0.1) is 12.7 Å². The molecule has 1 aromatic rings. The van der Waals surface area contributed by atoms with Crippen molar-refractivity contribution in [1.29, 1.82) is 0 Å². The van der Waals surface area contributed by atoms with E-state index in [1.807, 2.05) is 0 Å². The summed E-state index contributed by atoms with van der Waals surface area (Å²) in [6, 6.07) is 2.44. The topological polar surface area (TPSA) is 24.1 Å². The van der Waals surface area contributed by atoms with E-state index < -0.39 is 0 Å². The molecule has 1 rings (SSSR count). The number of nitrogens with zero attached hydrogens (tertiary/aromatic N) is 1. The monoisotopic (exact) mass is 128 g/mol. The molecule has 3 heteroatoms. The molecule has 2 nitrogen and oxygen atoms in total. The summed E-state index contributed by atoms with van der Waals surface area (Å²) in [5, 5.41) is 8.79. The quantitative estimate of drug-likeness (QED) is 0.402. The average molecular weight is 128 g/mol. The second kappa shape index (κ2) is 2.01. The van der Waals surface area contributed by atoms with Gasteiger partial charge in [0.05, 0.1) is 0 Å². The zero-order chi connectivity index (χ0) is 6.85. The molecule has 0 atom stereocenters. The van der Waals surface area contributed by atoms with Crippen LogP contribution in [-0.4, -0.2) is 5.21 Å². The molecular weight excluding hydrogens is 121 g/mol. The van der Waals surface area contributed by atoms with Crippen LogP contribution in [0.5, 0.6) is 0 Å². The normalized spacial score (nSPS) is 9.56. The molecule has 0 aliphatic carbocycles. The molecule has 1 heterocycles.